The lowest BCUT2D eigenvalue weighted by molar-refractivity contribution is -0.176. The molecule has 1 atom stereocenters. The number of carbonyl (C=O) groups excluding carboxylic acids is 2. The first-order valence-corrected chi connectivity index (χ1v) is 6.50. The smallest absolute Gasteiger partial charge is 0.331 e. The van der Waals surface area contributed by atoms with E-state index < -0.39 is 23.4 Å². The van der Waals surface area contributed by atoms with Crippen LogP contribution in [0.15, 0.2) is 36.4 Å². The molecule has 21 heavy (non-hydrogen) atoms. The van der Waals surface area contributed by atoms with Gasteiger partial charge in [-0.1, -0.05) is 35.9 Å². The average molecular weight is 318 g/mol. The van der Waals surface area contributed by atoms with Crippen LogP contribution >= 0.6 is 11.6 Å². The minimum absolute atomic E-state index is 0.0217. The molecule has 1 aromatic rings. The molecule has 0 radical (unpaired) electrons. The molecule has 0 heterocycles. The van der Waals surface area contributed by atoms with E-state index in [4.69, 9.17) is 11.6 Å². The zero-order valence-electron chi connectivity index (χ0n) is 10.7. The monoisotopic (exact) mass is 317 g/mol. The van der Waals surface area contributed by atoms with Gasteiger partial charge in [0.1, 0.15) is 5.54 Å². The molecule has 0 aromatic heterocycles. The Morgan fingerprint density at radius 2 is 1.95 bits per heavy atom. The van der Waals surface area contributed by atoms with Gasteiger partial charge < -0.3 is 5.32 Å². The Labute approximate surface area is 123 Å². The van der Waals surface area contributed by atoms with Crippen LogP contribution in [0.3, 0.4) is 0 Å². The van der Waals surface area contributed by atoms with E-state index in [1.54, 1.807) is 18.2 Å². The van der Waals surface area contributed by atoms with Crippen LogP contribution in [0.4, 0.5) is 13.2 Å². The number of carbonyl (C=O) groups is 2. The fourth-order valence-electron chi connectivity index (χ4n) is 2.29. The number of hydrogen-bond acceptors (Lipinski definition) is 2. The van der Waals surface area contributed by atoms with Gasteiger partial charge in [0.15, 0.2) is 5.78 Å². The minimum atomic E-state index is -5.07. The second-order valence-corrected chi connectivity index (χ2v) is 5.05. The maximum absolute atomic E-state index is 12.5. The Balaban J connectivity index is 2.51. The molecular formula is C14H11ClF3NO2. The van der Waals surface area contributed by atoms with E-state index in [-0.39, 0.29) is 17.0 Å². The topological polar surface area (TPSA) is 46.2 Å². The summed E-state index contributed by atoms with van der Waals surface area (Å²) in [6, 6.07) is 6.04. The average Bonchev–Trinajstić information content (AvgIpc) is 2.41. The molecule has 1 unspecified atom stereocenters. The van der Waals surface area contributed by atoms with E-state index in [9.17, 15) is 22.8 Å². The highest BCUT2D eigenvalue weighted by Gasteiger charge is 2.48. The summed E-state index contributed by atoms with van der Waals surface area (Å²) >= 11 is 6.00. The van der Waals surface area contributed by atoms with Crippen molar-refractivity contribution >= 4 is 23.3 Å². The van der Waals surface area contributed by atoms with Crippen molar-refractivity contribution in [3.8, 4) is 0 Å². The molecule has 1 N–H and O–H groups in total. The molecule has 0 aliphatic heterocycles. The van der Waals surface area contributed by atoms with E-state index >= 15 is 0 Å². The van der Waals surface area contributed by atoms with Crippen LogP contribution in [0.5, 0.6) is 0 Å². The Bertz CT molecular complexity index is 612. The fourth-order valence-corrected chi connectivity index (χ4v) is 2.58. The summed E-state index contributed by atoms with van der Waals surface area (Å²) in [6.45, 7) is 0. The molecule has 1 aromatic carbocycles. The molecule has 7 heteroatoms. The van der Waals surface area contributed by atoms with Gasteiger partial charge in [-0.2, -0.15) is 13.2 Å². The number of nitrogens with one attached hydrogen (secondary N) is 1. The van der Waals surface area contributed by atoms with E-state index in [2.05, 4.69) is 0 Å². The predicted octanol–water partition coefficient (Wildman–Crippen LogP) is 3.13. The van der Waals surface area contributed by atoms with Gasteiger partial charge in [-0.3, -0.25) is 9.59 Å². The Hall–Kier alpha value is -1.82. The molecule has 1 aliphatic rings. The molecule has 0 spiro atoms. The van der Waals surface area contributed by atoms with Crippen LogP contribution in [-0.4, -0.2) is 17.9 Å². The van der Waals surface area contributed by atoms with Crippen LogP contribution in [-0.2, 0) is 15.1 Å². The maximum atomic E-state index is 12.5. The van der Waals surface area contributed by atoms with Crippen LogP contribution < -0.4 is 5.32 Å². The second kappa shape index (κ2) is 5.52. The third kappa shape index (κ3) is 2.95. The van der Waals surface area contributed by atoms with Crippen molar-refractivity contribution in [1.82, 2.24) is 5.32 Å². The standard InChI is InChI=1S/C14H11ClF3NO2/c15-10-6-2-1-5-9(10)13(8-4-3-7-11(13)20)19-12(21)14(16,17)18/h1-3,5-7H,4,8H2,(H,19,21). The number of amides is 1. The summed E-state index contributed by atoms with van der Waals surface area (Å²) in [5.41, 5.74) is -1.61. The van der Waals surface area contributed by atoms with Crippen molar-refractivity contribution in [2.75, 3.05) is 0 Å². The van der Waals surface area contributed by atoms with Crippen LogP contribution in [0, 0.1) is 0 Å². The van der Waals surface area contributed by atoms with E-state index in [0.29, 0.717) is 6.42 Å². The van der Waals surface area contributed by atoms with Crippen molar-refractivity contribution < 1.29 is 22.8 Å². The van der Waals surface area contributed by atoms with Gasteiger partial charge >= 0.3 is 12.1 Å². The minimum Gasteiger partial charge on any atom is -0.331 e. The molecular weight excluding hydrogens is 307 g/mol. The lowest BCUT2D eigenvalue weighted by Gasteiger charge is -2.35. The van der Waals surface area contributed by atoms with E-state index in [1.165, 1.54) is 18.2 Å². The molecule has 0 saturated heterocycles. The van der Waals surface area contributed by atoms with Gasteiger partial charge in [0, 0.05) is 10.6 Å². The number of benzene rings is 1. The first-order valence-electron chi connectivity index (χ1n) is 6.13. The first-order chi connectivity index (χ1) is 9.77. The summed E-state index contributed by atoms with van der Waals surface area (Å²) in [5.74, 6) is -2.79. The Kier molecular flexibility index (Phi) is 4.09. The summed E-state index contributed by atoms with van der Waals surface area (Å²) in [4.78, 5) is 23.5. The van der Waals surface area contributed by atoms with Crippen LogP contribution in [0.1, 0.15) is 18.4 Å². The molecule has 1 aliphatic carbocycles. The zero-order valence-corrected chi connectivity index (χ0v) is 11.5. The van der Waals surface area contributed by atoms with Gasteiger partial charge in [0.25, 0.3) is 0 Å². The number of hydrogen-bond donors (Lipinski definition) is 1. The van der Waals surface area contributed by atoms with E-state index in [0.717, 1.165) is 0 Å². The molecule has 0 bridgehead atoms. The van der Waals surface area contributed by atoms with Gasteiger partial charge in [-0.05, 0) is 25.0 Å². The molecule has 0 fully saturated rings. The highest BCUT2D eigenvalue weighted by Crippen LogP contribution is 2.36. The number of allylic oxidation sites excluding steroid dienone is 1. The van der Waals surface area contributed by atoms with Gasteiger partial charge in [-0.25, -0.2) is 0 Å². The normalized spacial score (nSPS) is 22.2. The van der Waals surface area contributed by atoms with E-state index in [1.807, 2.05) is 5.32 Å². The quantitative estimate of drug-likeness (QED) is 0.911. The second-order valence-electron chi connectivity index (χ2n) is 4.64. The summed E-state index contributed by atoms with van der Waals surface area (Å²) < 4.78 is 37.6. The summed E-state index contributed by atoms with van der Waals surface area (Å²) in [5, 5.41) is 1.96. The van der Waals surface area contributed by atoms with Crippen molar-refractivity contribution in [2.24, 2.45) is 0 Å². The molecule has 112 valence electrons. The zero-order chi connectivity index (χ0) is 15.7. The number of ketones is 1. The van der Waals surface area contributed by atoms with Crippen molar-refractivity contribution in [1.29, 1.82) is 0 Å². The fraction of sp³-hybridized carbons (Fsp3) is 0.286. The highest BCUT2D eigenvalue weighted by atomic mass is 35.5. The summed E-state index contributed by atoms with van der Waals surface area (Å²) in [6.07, 6.45) is -1.97. The number of alkyl halides is 3. The van der Waals surface area contributed by atoms with Crippen molar-refractivity contribution in [3.63, 3.8) is 0 Å². The maximum Gasteiger partial charge on any atom is 0.471 e. The molecule has 1 amide bonds. The van der Waals surface area contributed by atoms with Gasteiger partial charge in [0.05, 0.1) is 0 Å². The number of rotatable bonds is 2. The summed E-state index contributed by atoms with van der Waals surface area (Å²) in [7, 11) is 0. The Morgan fingerprint density at radius 1 is 1.29 bits per heavy atom. The molecule has 0 saturated carbocycles. The lowest BCUT2D eigenvalue weighted by atomic mass is 9.78. The molecule has 3 nitrogen and oxygen atoms in total. The predicted molar refractivity (Wildman–Crippen MR) is 70.7 cm³/mol. The lowest BCUT2D eigenvalue weighted by Crippen LogP contribution is -2.55. The SMILES string of the molecule is O=C(NC1(c2ccccc2Cl)CCC=CC1=O)C(F)(F)F. The molecule has 2 rings (SSSR count). The highest BCUT2D eigenvalue weighted by molar-refractivity contribution is 6.32. The Morgan fingerprint density at radius 3 is 2.52 bits per heavy atom. The van der Waals surface area contributed by atoms with Crippen LogP contribution in [0.2, 0.25) is 5.02 Å². The third-order valence-corrected chi connectivity index (χ3v) is 3.62. The van der Waals surface area contributed by atoms with Crippen molar-refractivity contribution in [3.05, 3.63) is 47.0 Å². The third-order valence-electron chi connectivity index (χ3n) is 3.29. The van der Waals surface area contributed by atoms with Gasteiger partial charge in [-0.15, -0.1) is 0 Å². The number of halogens is 4. The first kappa shape index (κ1) is 15.6. The van der Waals surface area contributed by atoms with Crippen molar-refractivity contribution in [2.45, 2.75) is 24.6 Å². The van der Waals surface area contributed by atoms with Gasteiger partial charge in [0.2, 0.25) is 0 Å². The largest absolute Gasteiger partial charge is 0.471 e. The van der Waals surface area contributed by atoms with Crippen LogP contribution in [0.25, 0.3) is 0 Å².